The van der Waals surface area contributed by atoms with Crippen molar-refractivity contribution in [3.8, 4) is 0 Å². The standard InChI is InChI=1S/C22H40N6O9/c1-17(29)26-11-12-27-37-16-18(30)28-22(8-5-13-34-19(31)23-2,9-6-14-35-20(32)24-3)10-7-15-36-21(33)25-4/h12H,5-11,13-16H2,1-4H3,(H,23,31)(H,24,32)(H,25,33)(H,26,29)(H,28,30)/b27-12-. The van der Waals surface area contributed by atoms with Crippen molar-refractivity contribution in [1.29, 1.82) is 0 Å². The maximum atomic E-state index is 12.7. The van der Waals surface area contributed by atoms with Crippen molar-refractivity contribution in [2.75, 3.05) is 54.1 Å². The fourth-order valence-electron chi connectivity index (χ4n) is 3.21. The molecule has 0 aromatic rings. The molecule has 0 spiro atoms. The molecule has 0 rings (SSSR count). The molecule has 15 heteroatoms. The maximum absolute atomic E-state index is 12.7. The molecule has 0 saturated heterocycles. The van der Waals surface area contributed by atoms with Gasteiger partial charge in [0.05, 0.1) is 32.6 Å². The van der Waals surface area contributed by atoms with Crippen molar-refractivity contribution in [1.82, 2.24) is 26.6 Å². The lowest BCUT2D eigenvalue weighted by atomic mass is 9.83. The second kappa shape index (κ2) is 20.4. The van der Waals surface area contributed by atoms with E-state index < -0.39 is 29.7 Å². The largest absolute Gasteiger partial charge is 0.450 e. The van der Waals surface area contributed by atoms with Crippen LogP contribution in [0.3, 0.4) is 0 Å². The zero-order chi connectivity index (χ0) is 27.9. The van der Waals surface area contributed by atoms with Gasteiger partial charge in [-0.3, -0.25) is 9.59 Å². The molecule has 212 valence electrons. The molecule has 0 aliphatic heterocycles. The number of carbonyl (C=O) groups excluding carboxylic acids is 5. The average Bonchev–Trinajstić information content (AvgIpc) is 2.88. The van der Waals surface area contributed by atoms with Crippen LogP contribution < -0.4 is 26.6 Å². The van der Waals surface area contributed by atoms with E-state index in [0.717, 1.165) is 0 Å². The molecular formula is C22H40N6O9. The first-order chi connectivity index (χ1) is 17.7. The SMILES string of the molecule is CNC(=O)OCCCC(CCCOC(=O)NC)(CCCOC(=O)NC)NC(=O)CO/N=C\CNC(C)=O. The Kier molecular flexibility index (Phi) is 18.3. The lowest BCUT2D eigenvalue weighted by molar-refractivity contribution is -0.128. The van der Waals surface area contributed by atoms with E-state index in [1.54, 1.807) is 0 Å². The Balaban J connectivity index is 5.28. The second-order valence-electron chi connectivity index (χ2n) is 7.80. The van der Waals surface area contributed by atoms with Crippen LogP contribution in [0.2, 0.25) is 0 Å². The van der Waals surface area contributed by atoms with Crippen LogP contribution in [-0.4, -0.2) is 96.0 Å². The molecule has 0 fully saturated rings. The molecule has 0 heterocycles. The minimum Gasteiger partial charge on any atom is -0.450 e. The summed E-state index contributed by atoms with van der Waals surface area (Å²) >= 11 is 0. The second-order valence-corrected chi connectivity index (χ2v) is 7.80. The van der Waals surface area contributed by atoms with Gasteiger partial charge in [-0.15, -0.1) is 0 Å². The maximum Gasteiger partial charge on any atom is 0.406 e. The van der Waals surface area contributed by atoms with E-state index >= 15 is 0 Å². The molecule has 37 heavy (non-hydrogen) atoms. The van der Waals surface area contributed by atoms with Crippen LogP contribution in [0.25, 0.3) is 0 Å². The highest BCUT2D eigenvalue weighted by Crippen LogP contribution is 2.26. The highest BCUT2D eigenvalue weighted by molar-refractivity contribution is 5.78. The molecule has 15 nitrogen and oxygen atoms in total. The van der Waals surface area contributed by atoms with Gasteiger partial charge in [-0.25, -0.2) is 14.4 Å². The first-order valence-corrected chi connectivity index (χ1v) is 11.9. The van der Waals surface area contributed by atoms with Crippen molar-refractivity contribution in [3.05, 3.63) is 0 Å². The summed E-state index contributed by atoms with van der Waals surface area (Å²) < 4.78 is 15.2. The monoisotopic (exact) mass is 532 g/mol. The minimum atomic E-state index is -0.801. The molecule has 0 saturated carbocycles. The van der Waals surface area contributed by atoms with Gasteiger partial charge in [-0.2, -0.15) is 0 Å². The summed E-state index contributed by atoms with van der Waals surface area (Å²) in [5, 5.41) is 16.2. The summed E-state index contributed by atoms with van der Waals surface area (Å²) in [5.41, 5.74) is -0.801. The van der Waals surface area contributed by atoms with E-state index in [1.165, 1.54) is 34.3 Å². The minimum absolute atomic E-state index is 0.116. The number of amides is 5. The van der Waals surface area contributed by atoms with E-state index in [4.69, 9.17) is 19.0 Å². The van der Waals surface area contributed by atoms with Crippen molar-refractivity contribution < 1.29 is 43.0 Å². The molecule has 0 radical (unpaired) electrons. The van der Waals surface area contributed by atoms with Gasteiger partial charge in [0.15, 0.2) is 6.61 Å². The molecule has 5 amide bonds. The van der Waals surface area contributed by atoms with Crippen LogP contribution in [0.5, 0.6) is 0 Å². The summed E-state index contributed by atoms with van der Waals surface area (Å²) in [6, 6.07) is 0. The van der Waals surface area contributed by atoms with Gasteiger partial charge in [0.2, 0.25) is 5.91 Å². The van der Waals surface area contributed by atoms with Crippen LogP contribution >= 0.6 is 0 Å². The summed E-state index contributed by atoms with van der Waals surface area (Å²) in [5.74, 6) is -0.682. The summed E-state index contributed by atoms with van der Waals surface area (Å²) in [7, 11) is 4.35. The lowest BCUT2D eigenvalue weighted by Crippen LogP contribution is -2.50. The van der Waals surface area contributed by atoms with Gasteiger partial charge in [0.25, 0.3) is 5.91 Å². The predicted molar refractivity (Wildman–Crippen MR) is 133 cm³/mol. The molecule has 0 aromatic heterocycles. The third-order valence-electron chi connectivity index (χ3n) is 4.90. The Bertz CT molecular complexity index is 688. The lowest BCUT2D eigenvalue weighted by Gasteiger charge is -2.35. The number of nitrogens with zero attached hydrogens (tertiary/aromatic N) is 1. The molecule has 5 N–H and O–H groups in total. The summed E-state index contributed by atoms with van der Waals surface area (Å²) in [6.45, 7) is 1.49. The van der Waals surface area contributed by atoms with Crippen LogP contribution in [0.1, 0.15) is 45.4 Å². The Morgan fingerprint density at radius 3 is 1.57 bits per heavy atom. The first-order valence-electron chi connectivity index (χ1n) is 11.9. The molecule has 0 aromatic carbocycles. The average molecular weight is 533 g/mol. The Labute approximate surface area is 216 Å². The van der Waals surface area contributed by atoms with Crippen LogP contribution in [0.4, 0.5) is 14.4 Å². The number of nitrogens with one attached hydrogen (secondary N) is 5. The van der Waals surface area contributed by atoms with Gasteiger partial charge in [-0.05, 0) is 38.5 Å². The number of alkyl carbamates (subject to hydrolysis) is 3. The number of hydrogen-bond acceptors (Lipinski definition) is 10. The van der Waals surface area contributed by atoms with Crippen molar-refractivity contribution >= 4 is 36.3 Å². The Hall–Kier alpha value is -3.78. The van der Waals surface area contributed by atoms with E-state index in [1.807, 2.05) is 0 Å². The van der Waals surface area contributed by atoms with E-state index in [0.29, 0.717) is 38.5 Å². The number of rotatable bonds is 18. The molecule has 0 bridgehead atoms. The molecule has 0 aliphatic rings. The van der Waals surface area contributed by atoms with E-state index in [2.05, 4.69) is 31.7 Å². The third kappa shape index (κ3) is 18.2. The quantitative estimate of drug-likeness (QED) is 0.0718. The zero-order valence-corrected chi connectivity index (χ0v) is 22.0. The van der Waals surface area contributed by atoms with Crippen LogP contribution in [0, 0.1) is 0 Å². The molecular weight excluding hydrogens is 492 g/mol. The van der Waals surface area contributed by atoms with E-state index in [9.17, 15) is 24.0 Å². The Morgan fingerprint density at radius 1 is 0.757 bits per heavy atom. The highest BCUT2D eigenvalue weighted by Gasteiger charge is 2.31. The third-order valence-corrected chi connectivity index (χ3v) is 4.90. The van der Waals surface area contributed by atoms with Crippen LogP contribution in [0.15, 0.2) is 5.16 Å². The van der Waals surface area contributed by atoms with Crippen molar-refractivity contribution in [3.63, 3.8) is 0 Å². The summed E-state index contributed by atoms with van der Waals surface area (Å²) in [6.07, 6.45) is 2.13. The number of oxime groups is 1. The number of carbonyl (C=O) groups is 5. The van der Waals surface area contributed by atoms with Gasteiger partial charge in [0, 0.05) is 33.6 Å². The zero-order valence-electron chi connectivity index (χ0n) is 22.0. The normalized spacial score (nSPS) is 10.7. The molecule has 0 atom stereocenters. The smallest absolute Gasteiger partial charge is 0.406 e. The van der Waals surface area contributed by atoms with Gasteiger partial charge < -0.3 is 45.6 Å². The van der Waals surface area contributed by atoms with Crippen molar-refractivity contribution in [2.24, 2.45) is 5.16 Å². The van der Waals surface area contributed by atoms with Crippen molar-refractivity contribution in [2.45, 2.75) is 51.0 Å². The fourth-order valence-corrected chi connectivity index (χ4v) is 3.21. The summed E-state index contributed by atoms with van der Waals surface area (Å²) in [4.78, 5) is 62.7. The number of hydrogen-bond donors (Lipinski definition) is 5. The molecule has 0 unspecified atom stereocenters. The molecule has 0 aliphatic carbocycles. The van der Waals surface area contributed by atoms with Crippen LogP contribution in [-0.2, 0) is 28.6 Å². The van der Waals surface area contributed by atoms with Gasteiger partial charge in [-0.1, -0.05) is 5.16 Å². The topological polar surface area (TPSA) is 195 Å². The van der Waals surface area contributed by atoms with Gasteiger partial charge >= 0.3 is 18.3 Å². The van der Waals surface area contributed by atoms with Gasteiger partial charge in [0.1, 0.15) is 0 Å². The first kappa shape index (κ1) is 33.2. The predicted octanol–water partition coefficient (Wildman–Crippen LogP) is 0.389. The van der Waals surface area contributed by atoms with E-state index in [-0.39, 0.29) is 38.9 Å². The highest BCUT2D eigenvalue weighted by atomic mass is 16.6. The number of ether oxygens (including phenoxy) is 3. The Morgan fingerprint density at radius 2 is 1.19 bits per heavy atom. The fraction of sp³-hybridized carbons (Fsp3) is 0.727.